The Labute approximate surface area is 305 Å². The van der Waals surface area contributed by atoms with Crippen LogP contribution in [0.25, 0.3) is 28.1 Å². The van der Waals surface area contributed by atoms with Crippen molar-refractivity contribution in [1.29, 1.82) is 0 Å². The average molecular weight is 736 g/mol. The quantitative estimate of drug-likeness (QED) is 0.252. The molecule has 0 unspecified atom stereocenters. The molecule has 3 aliphatic rings. The topological polar surface area (TPSA) is 127 Å². The second-order valence-corrected chi connectivity index (χ2v) is 16.3. The lowest BCUT2D eigenvalue weighted by Gasteiger charge is -2.26. The number of fused-ring (bicyclic) bond motifs is 3. The number of nitrogens with zero attached hydrogens (tertiary/aromatic N) is 6. The van der Waals surface area contributed by atoms with E-state index in [1.807, 2.05) is 12.1 Å². The number of nitrogens with one attached hydrogen (secondary N) is 1. The van der Waals surface area contributed by atoms with Crippen molar-refractivity contribution < 1.29 is 22.3 Å². The Balaban J connectivity index is 1.10. The van der Waals surface area contributed by atoms with E-state index in [0.29, 0.717) is 69.7 Å². The van der Waals surface area contributed by atoms with Gasteiger partial charge < -0.3 is 14.6 Å². The Morgan fingerprint density at radius 3 is 2.49 bits per heavy atom. The van der Waals surface area contributed by atoms with Crippen molar-refractivity contribution in [2.24, 2.45) is 0 Å². The van der Waals surface area contributed by atoms with E-state index in [2.05, 4.69) is 17.1 Å². The van der Waals surface area contributed by atoms with Gasteiger partial charge in [-0.25, -0.2) is 22.3 Å². The van der Waals surface area contributed by atoms with Crippen molar-refractivity contribution in [3.63, 3.8) is 0 Å². The molecular formula is C39H38FN7O5S. The maximum Gasteiger partial charge on any atom is 0.338 e. The number of hydrogen-bond acceptors (Lipinski definition) is 6. The Bertz CT molecular complexity index is 2620. The normalized spacial score (nSPS) is 17.1. The van der Waals surface area contributed by atoms with Crippen molar-refractivity contribution in [2.45, 2.75) is 51.3 Å². The number of carbonyl (C=O) groups is 1. The van der Waals surface area contributed by atoms with E-state index in [0.717, 1.165) is 42.7 Å². The first-order chi connectivity index (χ1) is 25.5. The van der Waals surface area contributed by atoms with Crippen molar-refractivity contribution in [2.75, 3.05) is 31.1 Å². The minimum absolute atomic E-state index is 0.150. The molecule has 272 valence electrons. The molecule has 0 bridgehead atoms. The van der Waals surface area contributed by atoms with E-state index in [-0.39, 0.29) is 24.0 Å². The second kappa shape index (κ2) is 12.3. The molecule has 6 aromatic rings. The molecule has 1 saturated heterocycles. The van der Waals surface area contributed by atoms with Crippen LogP contribution in [0.4, 0.5) is 10.1 Å². The first-order valence-corrected chi connectivity index (χ1v) is 19.4. The zero-order valence-corrected chi connectivity index (χ0v) is 30.4. The molecule has 0 atom stereocenters. The van der Waals surface area contributed by atoms with Gasteiger partial charge in [0.25, 0.3) is 5.91 Å². The van der Waals surface area contributed by atoms with Crippen LogP contribution in [0.1, 0.15) is 62.8 Å². The molecule has 14 heteroatoms. The van der Waals surface area contributed by atoms with E-state index in [1.165, 1.54) is 26.1 Å². The number of H-pyrrole nitrogens is 1. The van der Waals surface area contributed by atoms with Gasteiger partial charge in [0.15, 0.2) is 0 Å². The summed E-state index contributed by atoms with van der Waals surface area (Å²) in [7, 11) is -1.95. The van der Waals surface area contributed by atoms with Gasteiger partial charge in [0.1, 0.15) is 17.3 Å². The minimum atomic E-state index is -3.46. The van der Waals surface area contributed by atoms with Gasteiger partial charge in [-0.1, -0.05) is 6.07 Å². The van der Waals surface area contributed by atoms with Gasteiger partial charge in [-0.3, -0.25) is 18.2 Å². The number of hydrogen-bond donors (Lipinski definition) is 1. The van der Waals surface area contributed by atoms with Crippen LogP contribution in [-0.4, -0.2) is 69.9 Å². The van der Waals surface area contributed by atoms with E-state index >= 15 is 0 Å². The van der Waals surface area contributed by atoms with Gasteiger partial charge in [0, 0.05) is 62.1 Å². The Hall–Kier alpha value is -5.47. The van der Waals surface area contributed by atoms with Crippen molar-refractivity contribution in [1.82, 2.24) is 28.8 Å². The number of aryl methyl sites for hydroxylation is 2. The molecule has 9 rings (SSSR count). The smallest absolute Gasteiger partial charge is 0.338 e. The first kappa shape index (κ1) is 33.4. The number of aromatic nitrogens is 5. The van der Waals surface area contributed by atoms with Crippen LogP contribution in [0, 0.1) is 19.7 Å². The lowest BCUT2D eigenvalue weighted by Crippen LogP contribution is -2.36. The summed E-state index contributed by atoms with van der Waals surface area (Å²) in [6, 6.07) is 16.8. The Morgan fingerprint density at radius 1 is 0.962 bits per heavy atom. The highest BCUT2D eigenvalue weighted by molar-refractivity contribution is 7.92. The summed E-state index contributed by atoms with van der Waals surface area (Å²) in [4.78, 5) is 33.5. The molecule has 6 heterocycles. The van der Waals surface area contributed by atoms with Gasteiger partial charge >= 0.3 is 5.69 Å². The van der Waals surface area contributed by atoms with E-state index in [1.54, 1.807) is 66.2 Å². The summed E-state index contributed by atoms with van der Waals surface area (Å²) in [5.41, 5.74) is 6.85. The second-order valence-electron chi connectivity index (χ2n) is 14.3. The Kier molecular flexibility index (Phi) is 7.75. The van der Waals surface area contributed by atoms with Crippen LogP contribution in [0.5, 0.6) is 0 Å². The molecule has 1 amide bonds. The highest BCUT2D eigenvalue weighted by Crippen LogP contribution is 2.35. The number of aromatic amines is 1. The van der Waals surface area contributed by atoms with E-state index in [9.17, 15) is 22.4 Å². The van der Waals surface area contributed by atoms with Crippen LogP contribution in [0.3, 0.4) is 0 Å². The molecule has 12 nitrogen and oxygen atoms in total. The maximum atomic E-state index is 14.8. The highest BCUT2D eigenvalue weighted by Gasteiger charge is 2.33. The lowest BCUT2D eigenvalue weighted by molar-refractivity contribution is 0.0729. The number of carbonyl (C=O) groups excluding carboxylic acids is 1. The van der Waals surface area contributed by atoms with Gasteiger partial charge in [-0.05, 0) is 103 Å². The molecule has 0 saturated carbocycles. The van der Waals surface area contributed by atoms with Crippen molar-refractivity contribution >= 4 is 32.5 Å². The maximum absolute atomic E-state index is 14.8. The molecule has 3 aromatic carbocycles. The number of rotatable bonds is 5. The number of ether oxygens (including phenoxy) is 1. The fourth-order valence-electron chi connectivity index (χ4n) is 8.05. The van der Waals surface area contributed by atoms with Crippen molar-refractivity contribution in [3.05, 3.63) is 122 Å². The first-order valence-electron chi connectivity index (χ1n) is 17.7. The molecule has 53 heavy (non-hydrogen) atoms. The van der Waals surface area contributed by atoms with Gasteiger partial charge in [0.05, 0.1) is 35.1 Å². The SMILES string of the molecule is Cc1cc(-n2nc3c(c2-n2ccn(-c4ccc5c(c4)CS(=O)(=O)N5C)c2=O)CN(C(=O)c2cc4cc(C5CCOCC5)ccc4[nH]2)CC3)cc(C)c1F. The van der Waals surface area contributed by atoms with Gasteiger partial charge in [0.2, 0.25) is 10.0 Å². The molecule has 0 radical (unpaired) electrons. The number of imidazole rings is 1. The summed E-state index contributed by atoms with van der Waals surface area (Å²) in [5, 5.41) is 5.94. The third-order valence-corrected chi connectivity index (χ3v) is 12.7. The van der Waals surface area contributed by atoms with Crippen LogP contribution in [0.2, 0.25) is 0 Å². The lowest BCUT2D eigenvalue weighted by atomic mass is 9.91. The van der Waals surface area contributed by atoms with Crippen LogP contribution >= 0.6 is 0 Å². The monoisotopic (exact) mass is 735 g/mol. The fourth-order valence-corrected chi connectivity index (χ4v) is 9.34. The predicted molar refractivity (Wildman–Crippen MR) is 198 cm³/mol. The van der Waals surface area contributed by atoms with Gasteiger partial charge in [-0.15, -0.1) is 0 Å². The molecular weight excluding hydrogens is 698 g/mol. The summed E-state index contributed by atoms with van der Waals surface area (Å²) in [5.74, 6) is 0.269. The number of sulfonamides is 1. The van der Waals surface area contributed by atoms with Crippen molar-refractivity contribution in [3.8, 4) is 17.2 Å². The minimum Gasteiger partial charge on any atom is -0.381 e. The molecule has 1 N–H and O–H groups in total. The van der Waals surface area contributed by atoms with Crippen LogP contribution < -0.4 is 9.99 Å². The molecule has 3 aromatic heterocycles. The zero-order valence-electron chi connectivity index (χ0n) is 29.6. The largest absolute Gasteiger partial charge is 0.381 e. The van der Waals surface area contributed by atoms with Crippen LogP contribution in [-0.2, 0) is 33.5 Å². The fraction of sp³-hybridized carbons (Fsp3) is 0.308. The number of halogens is 1. The third-order valence-electron chi connectivity index (χ3n) is 11.0. The average Bonchev–Trinajstić information content (AvgIpc) is 3.91. The summed E-state index contributed by atoms with van der Waals surface area (Å²) < 4.78 is 51.3. The summed E-state index contributed by atoms with van der Waals surface area (Å²) in [6.45, 7) is 5.52. The summed E-state index contributed by atoms with van der Waals surface area (Å²) >= 11 is 0. The number of anilines is 1. The number of amides is 1. The van der Waals surface area contributed by atoms with E-state index < -0.39 is 15.7 Å². The van der Waals surface area contributed by atoms with Crippen LogP contribution in [0.15, 0.2) is 71.8 Å². The van der Waals surface area contributed by atoms with Gasteiger partial charge in [-0.2, -0.15) is 5.10 Å². The molecule has 1 fully saturated rings. The molecule has 0 spiro atoms. The number of benzene rings is 3. The molecule has 3 aliphatic heterocycles. The zero-order chi connectivity index (χ0) is 36.8. The predicted octanol–water partition coefficient (Wildman–Crippen LogP) is 5.42. The third kappa shape index (κ3) is 5.50. The summed E-state index contributed by atoms with van der Waals surface area (Å²) in [6.07, 6.45) is 5.69. The van der Waals surface area contributed by atoms with E-state index in [4.69, 9.17) is 9.84 Å². The highest BCUT2D eigenvalue weighted by atomic mass is 32.2. The standard InChI is InChI=1S/C39H38FN7O5S/c1-23-16-30(17-24(2)36(23)40)47-37(46-13-12-45(39(46)49)29-5-7-35-28(19-29)22-53(50,51)43(35)3)31-21-44(11-8-33(31)42-47)38(48)34-20-27-18-26(4-6-32(27)41-34)25-9-14-52-15-10-25/h4-7,12-13,16-20,25,41H,8-11,14-15,21-22H2,1-3H3. The Morgan fingerprint density at radius 2 is 1.72 bits per heavy atom. The molecule has 0 aliphatic carbocycles.